The van der Waals surface area contributed by atoms with Gasteiger partial charge < -0.3 is 10.6 Å². The molecule has 1 aromatic heterocycles. The van der Waals surface area contributed by atoms with E-state index in [0.717, 1.165) is 29.8 Å². The molecule has 22 heavy (non-hydrogen) atoms. The fraction of sp³-hybridized carbons (Fsp3) is 0.438. The van der Waals surface area contributed by atoms with Crippen LogP contribution in [0.4, 0.5) is 17.5 Å². The largest absolute Gasteiger partial charge is 0.369 e. The van der Waals surface area contributed by atoms with Gasteiger partial charge in [0.15, 0.2) is 5.82 Å². The van der Waals surface area contributed by atoms with E-state index in [0.29, 0.717) is 22.7 Å². The first-order valence-electron chi connectivity index (χ1n) is 7.43. The molecule has 0 fully saturated rings. The van der Waals surface area contributed by atoms with Crippen molar-refractivity contribution in [1.82, 2.24) is 15.2 Å². The second-order valence-corrected chi connectivity index (χ2v) is 6.25. The number of aromatic nitrogens is 3. The molecule has 0 aliphatic heterocycles. The second-order valence-electron chi connectivity index (χ2n) is 5.84. The molecule has 0 radical (unpaired) electrons. The van der Waals surface area contributed by atoms with Gasteiger partial charge in [0.05, 0.1) is 16.9 Å². The van der Waals surface area contributed by atoms with E-state index in [4.69, 9.17) is 11.6 Å². The van der Waals surface area contributed by atoms with Gasteiger partial charge in [0.2, 0.25) is 5.95 Å². The van der Waals surface area contributed by atoms with Crippen molar-refractivity contribution in [2.45, 2.75) is 34.1 Å². The summed E-state index contributed by atoms with van der Waals surface area (Å²) in [6.07, 6.45) is 2.70. The Balaban J connectivity index is 2.10. The molecule has 6 heteroatoms. The van der Waals surface area contributed by atoms with E-state index in [1.807, 2.05) is 19.9 Å². The number of anilines is 3. The first kappa shape index (κ1) is 16.5. The van der Waals surface area contributed by atoms with E-state index in [1.54, 1.807) is 6.20 Å². The molecule has 2 N–H and O–H groups in total. The summed E-state index contributed by atoms with van der Waals surface area (Å²) >= 11 is 6.29. The number of rotatable bonds is 6. The van der Waals surface area contributed by atoms with E-state index >= 15 is 0 Å². The SMILES string of the molecule is Cc1cc(C)c(Nc2nncc(NCCC(C)C)n2)c(Cl)c1. The summed E-state index contributed by atoms with van der Waals surface area (Å²) in [6.45, 7) is 9.25. The summed E-state index contributed by atoms with van der Waals surface area (Å²) in [5.41, 5.74) is 2.98. The minimum Gasteiger partial charge on any atom is -0.369 e. The Bertz CT molecular complexity index is 619. The van der Waals surface area contributed by atoms with Gasteiger partial charge in [-0.25, -0.2) is 0 Å². The molecule has 0 aliphatic rings. The van der Waals surface area contributed by atoms with Crippen LogP contribution in [-0.2, 0) is 0 Å². The lowest BCUT2D eigenvalue weighted by Crippen LogP contribution is -2.09. The van der Waals surface area contributed by atoms with Crippen LogP contribution in [0.2, 0.25) is 5.02 Å². The first-order chi connectivity index (χ1) is 10.5. The van der Waals surface area contributed by atoms with Gasteiger partial charge in [0, 0.05) is 6.54 Å². The molecule has 0 saturated carbocycles. The van der Waals surface area contributed by atoms with E-state index in [9.17, 15) is 0 Å². The maximum atomic E-state index is 6.29. The van der Waals surface area contributed by atoms with Crippen molar-refractivity contribution in [3.63, 3.8) is 0 Å². The number of nitrogens with zero attached hydrogens (tertiary/aromatic N) is 3. The minimum absolute atomic E-state index is 0.434. The predicted octanol–water partition coefficient (Wildman–Crippen LogP) is 4.34. The van der Waals surface area contributed by atoms with Gasteiger partial charge >= 0.3 is 0 Å². The maximum absolute atomic E-state index is 6.29. The number of benzene rings is 1. The number of halogens is 1. The van der Waals surface area contributed by atoms with Gasteiger partial charge in [-0.3, -0.25) is 0 Å². The number of aryl methyl sites for hydroxylation is 2. The quantitative estimate of drug-likeness (QED) is 0.829. The van der Waals surface area contributed by atoms with Crippen LogP contribution in [0.25, 0.3) is 0 Å². The summed E-state index contributed by atoms with van der Waals surface area (Å²) in [6, 6.07) is 3.97. The molecule has 118 valence electrons. The van der Waals surface area contributed by atoms with Crippen molar-refractivity contribution in [3.05, 3.63) is 34.5 Å². The standard InChI is InChI=1S/C16H22ClN5/c1-10(2)5-6-18-14-9-19-22-16(20-14)21-15-12(4)7-11(3)8-13(15)17/h7-10H,5-6H2,1-4H3,(H2,18,20,21,22). The van der Waals surface area contributed by atoms with Crippen LogP contribution >= 0.6 is 11.6 Å². The lowest BCUT2D eigenvalue weighted by molar-refractivity contribution is 0.606. The Morgan fingerprint density at radius 3 is 2.68 bits per heavy atom. The average molecular weight is 320 g/mol. The van der Waals surface area contributed by atoms with Crippen molar-refractivity contribution in [2.24, 2.45) is 5.92 Å². The molecular weight excluding hydrogens is 298 g/mol. The zero-order chi connectivity index (χ0) is 16.1. The van der Waals surface area contributed by atoms with E-state index in [-0.39, 0.29) is 0 Å². The fourth-order valence-electron chi connectivity index (χ4n) is 2.12. The zero-order valence-electron chi connectivity index (χ0n) is 13.4. The van der Waals surface area contributed by atoms with Crippen molar-refractivity contribution < 1.29 is 0 Å². The molecule has 0 bridgehead atoms. The van der Waals surface area contributed by atoms with Crippen LogP contribution in [0, 0.1) is 19.8 Å². The van der Waals surface area contributed by atoms with Crippen LogP contribution in [0.3, 0.4) is 0 Å². The smallest absolute Gasteiger partial charge is 0.249 e. The number of hydrogen-bond acceptors (Lipinski definition) is 5. The van der Waals surface area contributed by atoms with Crippen molar-refractivity contribution in [2.75, 3.05) is 17.2 Å². The van der Waals surface area contributed by atoms with Crippen LogP contribution in [-0.4, -0.2) is 21.7 Å². The van der Waals surface area contributed by atoms with Crippen LogP contribution < -0.4 is 10.6 Å². The lowest BCUT2D eigenvalue weighted by atomic mass is 10.1. The minimum atomic E-state index is 0.434. The molecule has 0 saturated heterocycles. The van der Waals surface area contributed by atoms with Crippen molar-refractivity contribution >= 4 is 29.1 Å². The van der Waals surface area contributed by atoms with Gasteiger partial charge in [-0.1, -0.05) is 31.5 Å². The fourth-order valence-corrected chi connectivity index (χ4v) is 2.48. The highest BCUT2D eigenvalue weighted by Gasteiger charge is 2.08. The van der Waals surface area contributed by atoms with Gasteiger partial charge in [-0.15, -0.1) is 5.10 Å². The lowest BCUT2D eigenvalue weighted by Gasteiger charge is -2.12. The first-order valence-corrected chi connectivity index (χ1v) is 7.81. The summed E-state index contributed by atoms with van der Waals surface area (Å²) in [5.74, 6) is 1.79. The van der Waals surface area contributed by atoms with Gasteiger partial charge in [-0.2, -0.15) is 10.1 Å². The number of hydrogen-bond donors (Lipinski definition) is 2. The van der Waals surface area contributed by atoms with Crippen molar-refractivity contribution in [3.8, 4) is 0 Å². The average Bonchev–Trinajstić information content (AvgIpc) is 2.43. The second kappa shape index (κ2) is 7.40. The van der Waals surface area contributed by atoms with Crippen molar-refractivity contribution in [1.29, 1.82) is 0 Å². The van der Waals surface area contributed by atoms with Gasteiger partial charge in [0.1, 0.15) is 0 Å². The molecule has 0 unspecified atom stereocenters. The zero-order valence-corrected chi connectivity index (χ0v) is 14.2. The molecule has 0 amide bonds. The van der Waals surface area contributed by atoms with E-state index in [2.05, 4.69) is 45.7 Å². The van der Waals surface area contributed by atoms with Gasteiger partial charge in [-0.05, 0) is 43.4 Å². The summed E-state index contributed by atoms with van der Waals surface area (Å²) in [5, 5.41) is 15.0. The molecule has 0 spiro atoms. The van der Waals surface area contributed by atoms with Crippen LogP contribution in [0.15, 0.2) is 18.3 Å². The molecule has 2 rings (SSSR count). The Morgan fingerprint density at radius 2 is 2.00 bits per heavy atom. The molecular formula is C16H22ClN5. The van der Waals surface area contributed by atoms with E-state index in [1.165, 1.54) is 0 Å². The third-order valence-corrected chi connectivity index (χ3v) is 3.55. The maximum Gasteiger partial charge on any atom is 0.249 e. The monoisotopic (exact) mass is 319 g/mol. The summed E-state index contributed by atoms with van der Waals surface area (Å²) in [4.78, 5) is 4.42. The highest BCUT2D eigenvalue weighted by atomic mass is 35.5. The Kier molecular flexibility index (Phi) is 5.55. The van der Waals surface area contributed by atoms with Crippen LogP contribution in [0.5, 0.6) is 0 Å². The molecule has 2 aromatic rings. The molecule has 1 aromatic carbocycles. The Labute approximate surface area is 136 Å². The molecule has 0 aliphatic carbocycles. The molecule has 0 atom stereocenters. The highest BCUT2D eigenvalue weighted by molar-refractivity contribution is 6.33. The van der Waals surface area contributed by atoms with Gasteiger partial charge in [0.25, 0.3) is 0 Å². The Hall–Kier alpha value is -1.88. The van der Waals surface area contributed by atoms with Crippen LogP contribution in [0.1, 0.15) is 31.4 Å². The third-order valence-electron chi connectivity index (χ3n) is 3.26. The molecule has 5 nitrogen and oxygen atoms in total. The normalized spacial score (nSPS) is 10.8. The summed E-state index contributed by atoms with van der Waals surface area (Å²) in [7, 11) is 0. The third kappa shape index (κ3) is 4.56. The molecule has 1 heterocycles. The predicted molar refractivity (Wildman–Crippen MR) is 92.0 cm³/mol. The number of nitrogens with one attached hydrogen (secondary N) is 2. The summed E-state index contributed by atoms with van der Waals surface area (Å²) < 4.78 is 0. The Morgan fingerprint density at radius 1 is 1.23 bits per heavy atom. The van der Waals surface area contributed by atoms with E-state index < -0.39 is 0 Å². The highest BCUT2D eigenvalue weighted by Crippen LogP contribution is 2.29. The topological polar surface area (TPSA) is 62.7 Å².